The summed E-state index contributed by atoms with van der Waals surface area (Å²) in [6.45, 7) is 2.25. The van der Waals surface area contributed by atoms with Gasteiger partial charge < -0.3 is 10.6 Å². The lowest BCUT2D eigenvalue weighted by Crippen LogP contribution is -2.41. The maximum absolute atomic E-state index is 10.3. The second-order valence-electron chi connectivity index (χ2n) is 3.90. The van der Waals surface area contributed by atoms with Crippen LogP contribution in [0.3, 0.4) is 0 Å². The molecule has 1 aliphatic carbocycles. The first-order valence-corrected chi connectivity index (χ1v) is 4.82. The van der Waals surface area contributed by atoms with E-state index in [-0.39, 0.29) is 0 Å². The monoisotopic (exact) mass is 168 g/mol. The van der Waals surface area contributed by atoms with Crippen LogP contribution in [-0.4, -0.2) is 25.5 Å². The fourth-order valence-electron chi connectivity index (χ4n) is 2.65. The Labute approximate surface area is 72.9 Å². The third-order valence-electron chi connectivity index (χ3n) is 3.28. The predicted octanol–water partition coefficient (Wildman–Crippen LogP) is 0.120. The largest absolute Gasteiger partial charge is 0.356 e. The second kappa shape index (κ2) is 3.44. The minimum Gasteiger partial charge on any atom is -0.356 e. The molecule has 0 radical (unpaired) electrons. The van der Waals surface area contributed by atoms with Crippen molar-refractivity contribution >= 4 is 6.41 Å². The third kappa shape index (κ3) is 1.33. The Bertz CT molecular complexity index is 172. The molecule has 0 unspecified atom stereocenters. The Morgan fingerprint density at radius 1 is 1.33 bits per heavy atom. The van der Waals surface area contributed by atoms with Gasteiger partial charge in [-0.15, -0.1) is 0 Å². The Morgan fingerprint density at radius 3 is 3.08 bits per heavy atom. The summed E-state index contributed by atoms with van der Waals surface area (Å²) < 4.78 is 0. The van der Waals surface area contributed by atoms with Gasteiger partial charge in [-0.05, 0) is 31.2 Å². The van der Waals surface area contributed by atoms with Gasteiger partial charge in [-0.1, -0.05) is 6.42 Å². The highest BCUT2D eigenvalue weighted by atomic mass is 16.1. The number of carbonyl (C=O) groups is 1. The molecule has 0 aromatic heterocycles. The Hall–Kier alpha value is -0.570. The smallest absolute Gasteiger partial charge is 0.207 e. The molecule has 68 valence electrons. The van der Waals surface area contributed by atoms with Crippen LogP contribution in [0.5, 0.6) is 0 Å². The van der Waals surface area contributed by atoms with Crippen LogP contribution in [-0.2, 0) is 4.79 Å². The first-order chi connectivity index (χ1) is 5.92. The van der Waals surface area contributed by atoms with Crippen LogP contribution in [0.2, 0.25) is 0 Å². The summed E-state index contributed by atoms with van der Waals surface area (Å²) in [6, 6.07) is 0.441. The molecule has 2 fully saturated rings. The van der Waals surface area contributed by atoms with E-state index in [9.17, 15) is 4.79 Å². The maximum Gasteiger partial charge on any atom is 0.207 e. The van der Waals surface area contributed by atoms with Gasteiger partial charge >= 0.3 is 0 Å². The molecule has 1 aliphatic heterocycles. The van der Waals surface area contributed by atoms with E-state index in [0.717, 1.165) is 25.4 Å². The molecule has 0 spiro atoms. The maximum atomic E-state index is 10.3. The predicted molar refractivity (Wildman–Crippen MR) is 46.7 cm³/mol. The molecule has 0 aromatic rings. The molecule has 2 aliphatic rings. The highest BCUT2D eigenvalue weighted by Crippen LogP contribution is 2.32. The van der Waals surface area contributed by atoms with Gasteiger partial charge in [-0.3, -0.25) is 4.79 Å². The van der Waals surface area contributed by atoms with Crippen molar-refractivity contribution in [3.63, 3.8) is 0 Å². The van der Waals surface area contributed by atoms with Crippen molar-refractivity contribution in [3.05, 3.63) is 0 Å². The normalized spacial score (nSPS) is 40.5. The third-order valence-corrected chi connectivity index (χ3v) is 3.28. The molecule has 3 atom stereocenters. The lowest BCUT2D eigenvalue weighted by Gasteiger charge is -2.32. The van der Waals surface area contributed by atoms with Crippen molar-refractivity contribution in [1.29, 1.82) is 0 Å². The molecule has 3 heteroatoms. The topological polar surface area (TPSA) is 41.1 Å². The van der Waals surface area contributed by atoms with Crippen LogP contribution in [0.25, 0.3) is 0 Å². The molecule has 2 rings (SSSR count). The number of hydrogen-bond donors (Lipinski definition) is 2. The molecule has 0 bridgehead atoms. The van der Waals surface area contributed by atoms with Crippen molar-refractivity contribution in [2.75, 3.05) is 13.1 Å². The van der Waals surface area contributed by atoms with Crippen molar-refractivity contribution in [2.24, 2.45) is 11.8 Å². The van der Waals surface area contributed by atoms with E-state index >= 15 is 0 Å². The summed E-state index contributed by atoms with van der Waals surface area (Å²) >= 11 is 0. The van der Waals surface area contributed by atoms with E-state index in [2.05, 4.69) is 10.6 Å². The van der Waals surface area contributed by atoms with Gasteiger partial charge in [0.1, 0.15) is 0 Å². The van der Waals surface area contributed by atoms with Crippen molar-refractivity contribution < 1.29 is 4.79 Å². The number of carbonyl (C=O) groups excluding carboxylic acids is 1. The van der Waals surface area contributed by atoms with Gasteiger partial charge in [-0.2, -0.15) is 0 Å². The Balaban J connectivity index is 1.98. The highest BCUT2D eigenvalue weighted by molar-refractivity contribution is 5.46. The summed E-state index contributed by atoms with van der Waals surface area (Å²) in [7, 11) is 0. The zero-order valence-electron chi connectivity index (χ0n) is 7.25. The molecule has 1 saturated heterocycles. The first-order valence-electron chi connectivity index (χ1n) is 4.82. The summed E-state index contributed by atoms with van der Waals surface area (Å²) in [4.78, 5) is 10.3. The van der Waals surface area contributed by atoms with E-state index in [0.29, 0.717) is 12.0 Å². The quantitative estimate of drug-likeness (QED) is 0.575. The van der Waals surface area contributed by atoms with E-state index in [4.69, 9.17) is 0 Å². The molecule has 0 aromatic carbocycles. The summed E-state index contributed by atoms with van der Waals surface area (Å²) in [5.41, 5.74) is 0. The number of nitrogens with one attached hydrogen (secondary N) is 2. The van der Waals surface area contributed by atoms with Gasteiger partial charge in [0, 0.05) is 12.6 Å². The average Bonchev–Trinajstić information content (AvgIpc) is 2.53. The molecule has 1 heterocycles. The van der Waals surface area contributed by atoms with Crippen LogP contribution < -0.4 is 10.6 Å². The van der Waals surface area contributed by atoms with Gasteiger partial charge in [0.05, 0.1) is 0 Å². The average molecular weight is 168 g/mol. The fourth-order valence-corrected chi connectivity index (χ4v) is 2.65. The Morgan fingerprint density at radius 2 is 2.25 bits per heavy atom. The lowest BCUT2D eigenvalue weighted by molar-refractivity contribution is -0.110. The van der Waals surface area contributed by atoms with Gasteiger partial charge in [-0.25, -0.2) is 0 Å². The standard InChI is InChI=1S/C9H16N2O/c12-6-11-9-3-1-2-7-4-10-5-8(7)9/h6-10H,1-5H2,(H,11,12)/t7-,8+,9-/m1/s1. The minimum atomic E-state index is 0.441. The molecule has 1 amide bonds. The van der Waals surface area contributed by atoms with Gasteiger partial charge in [0.2, 0.25) is 6.41 Å². The van der Waals surface area contributed by atoms with Crippen molar-refractivity contribution in [3.8, 4) is 0 Å². The summed E-state index contributed by atoms with van der Waals surface area (Å²) in [5, 5.41) is 6.33. The SMILES string of the molecule is O=CN[C@@H]1CCC[C@@H]2CNC[C@@H]21. The van der Waals surface area contributed by atoms with Crippen molar-refractivity contribution in [2.45, 2.75) is 25.3 Å². The van der Waals surface area contributed by atoms with E-state index in [1.54, 1.807) is 0 Å². The Kier molecular flexibility index (Phi) is 2.30. The zero-order chi connectivity index (χ0) is 8.39. The van der Waals surface area contributed by atoms with Crippen LogP contribution >= 0.6 is 0 Å². The summed E-state index contributed by atoms with van der Waals surface area (Å²) in [6.07, 6.45) is 4.63. The highest BCUT2D eigenvalue weighted by Gasteiger charge is 2.35. The van der Waals surface area contributed by atoms with Gasteiger partial charge in [0.25, 0.3) is 0 Å². The van der Waals surface area contributed by atoms with E-state index < -0.39 is 0 Å². The molecule has 12 heavy (non-hydrogen) atoms. The molecular formula is C9H16N2O. The fraction of sp³-hybridized carbons (Fsp3) is 0.889. The van der Waals surface area contributed by atoms with Crippen LogP contribution in [0.4, 0.5) is 0 Å². The first kappa shape index (κ1) is 8.05. The minimum absolute atomic E-state index is 0.441. The van der Waals surface area contributed by atoms with Gasteiger partial charge in [0.15, 0.2) is 0 Å². The van der Waals surface area contributed by atoms with Crippen LogP contribution in [0.1, 0.15) is 19.3 Å². The number of fused-ring (bicyclic) bond motifs is 1. The van der Waals surface area contributed by atoms with Crippen LogP contribution in [0.15, 0.2) is 0 Å². The zero-order valence-corrected chi connectivity index (χ0v) is 7.25. The number of amides is 1. The van der Waals surface area contributed by atoms with E-state index in [1.165, 1.54) is 19.3 Å². The van der Waals surface area contributed by atoms with Crippen LogP contribution in [0, 0.1) is 11.8 Å². The van der Waals surface area contributed by atoms with Crippen molar-refractivity contribution in [1.82, 2.24) is 10.6 Å². The molecule has 3 nitrogen and oxygen atoms in total. The molecule has 2 N–H and O–H groups in total. The lowest BCUT2D eigenvalue weighted by atomic mass is 9.78. The molecular weight excluding hydrogens is 152 g/mol. The number of rotatable bonds is 2. The second-order valence-corrected chi connectivity index (χ2v) is 3.90. The summed E-state index contributed by atoms with van der Waals surface area (Å²) in [5.74, 6) is 1.51. The molecule has 1 saturated carbocycles. The number of hydrogen-bond acceptors (Lipinski definition) is 2. The van der Waals surface area contributed by atoms with E-state index in [1.807, 2.05) is 0 Å².